The van der Waals surface area contributed by atoms with Crippen molar-refractivity contribution in [1.29, 1.82) is 0 Å². The lowest BCUT2D eigenvalue weighted by molar-refractivity contribution is -0.154. The van der Waals surface area contributed by atoms with Gasteiger partial charge in [0.25, 0.3) is 0 Å². The second-order valence-corrected chi connectivity index (χ2v) is 4.62. The van der Waals surface area contributed by atoms with E-state index in [9.17, 15) is 18.0 Å². The van der Waals surface area contributed by atoms with Crippen LogP contribution in [-0.4, -0.2) is 66.3 Å². The summed E-state index contributed by atoms with van der Waals surface area (Å²) in [6.07, 6.45) is -1.49. The van der Waals surface area contributed by atoms with E-state index in [1.54, 1.807) is 0 Å². The topological polar surface area (TPSA) is 43.8 Å². The van der Waals surface area contributed by atoms with Crippen LogP contribution in [0.4, 0.5) is 13.2 Å². The Kier molecular flexibility index (Phi) is 5.87. The number of carbonyl (C=O) groups is 1. The molecule has 1 saturated heterocycles. The van der Waals surface area contributed by atoms with Crippen LogP contribution in [0.3, 0.4) is 0 Å². The highest BCUT2D eigenvalue weighted by molar-refractivity contribution is 5.69. The number of carboxylic acids is 1. The molecule has 0 aliphatic carbocycles. The molecule has 7 heteroatoms. The maximum absolute atomic E-state index is 12.2. The number of hydrogen-bond acceptors (Lipinski definition) is 3. The van der Waals surface area contributed by atoms with Gasteiger partial charge in [-0.3, -0.25) is 9.69 Å². The van der Waals surface area contributed by atoms with E-state index in [1.165, 1.54) is 0 Å². The van der Waals surface area contributed by atoms with Gasteiger partial charge < -0.3 is 10.0 Å². The van der Waals surface area contributed by atoms with Crippen molar-refractivity contribution in [3.05, 3.63) is 0 Å². The van der Waals surface area contributed by atoms with Gasteiger partial charge >= 0.3 is 12.1 Å². The van der Waals surface area contributed by atoms with E-state index in [1.807, 2.05) is 0 Å². The van der Waals surface area contributed by atoms with Crippen LogP contribution in [0, 0.1) is 0 Å². The quantitative estimate of drug-likeness (QED) is 0.758. The summed E-state index contributed by atoms with van der Waals surface area (Å²) < 4.78 is 36.7. The molecule has 0 radical (unpaired) electrons. The Labute approximate surface area is 104 Å². The van der Waals surface area contributed by atoms with Crippen molar-refractivity contribution in [1.82, 2.24) is 9.80 Å². The third-order valence-electron chi connectivity index (χ3n) is 2.91. The monoisotopic (exact) mass is 268 g/mol. The number of aliphatic carboxylic acids is 1. The molecule has 0 aromatic heterocycles. The van der Waals surface area contributed by atoms with Crippen LogP contribution in [0.5, 0.6) is 0 Å². The van der Waals surface area contributed by atoms with Gasteiger partial charge in [0.15, 0.2) is 0 Å². The van der Waals surface area contributed by atoms with E-state index < -0.39 is 25.2 Å². The normalized spacial score (nSPS) is 17.6. The molecule has 0 amide bonds. The number of rotatable bonds is 7. The lowest BCUT2D eigenvalue weighted by Gasteiger charge is -2.23. The van der Waals surface area contributed by atoms with Crippen LogP contribution in [0.15, 0.2) is 0 Å². The summed E-state index contributed by atoms with van der Waals surface area (Å²) in [5.74, 6) is -1.22. The van der Waals surface area contributed by atoms with Crippen molar-refractivity contribution >= 4 is 5.97 Å². The molecule has 1 N–H and O–H groups in total. The van der Waals surface area contributed by atoms with Crippen molar-refractivity contribution in [2.45, 2.75) is 25.4 Å². The molecular weight excluding hydrogens is 249 g/mol. The number of carboxylic acid groups (broad SMARTS) is 1. The predicted molar refractivity (Wildman–Crippen MR) is 60.4 cm³/mol. The zero-order valence-electron chi connectivity index (χ0n) is 10.2. The number of hydrogen-bond donors (Lipinski definition) is 1. The van der Waals surface area contributed by atoms with Gasteiger partial charge in [-0.25, -0.2) is 0 Å². The minimum Gasteiger partial charge on any atom is -0.480 e. The predicted octanol–water partition coefficient (Wildman–Crippen LogP) is 1.42. The van der Waals surface area contributed by atoms with Crippen LogP contribution >= 0.6 is 0 Å². The van der Waals surface area contributed by atoms with Crippen molar-refractivity contribution in [2.24, 2.45) is 0 Å². The molecule has 1 aliphatic rings. The van der Waals surface area contributed by atoms with Gasteiger partial charge in [-0.15, -0.1) is 0 Å². The van der Waals surface area contributed by atoms with Crippen molar-refractivity contribution in [2.75, 3.05) is 39.3 Å². The molecular formula is C11H19F3N2O2. The molecule has 0 bridgehead atoms. The molecule has 1 rings (SSSR count). The number of halogens is 3. The van der Waals surface area contributed by atoms with Gasteiger partial charge in [0.1, 0.15) is 0 Å². The molecule has 106 valence electrons. The van der Waals surface area contributed by atoms with Crippen molar-refractivity contribution < 1.29 is 23.1 Å². The number of nitrogens with zero attached hydrogens (tertiary/aromatic N) is 2. The molecule has 0 spiro atoms. The van der Waals surface area contributed by atoms with Crippen molar-refractivity contribution in [3.8, 4) is 0 Å². The van der Waals surface area contributed by atoms with E-state index in [2.05, 4.69) is 4.90 Å². The first-order valence-electron chi connectivity index (χ1n) is 6.10. The summed E-state index contributed by atoms with van der Waals surface area (Å²) in [6.45, 7) is 1.20. The SMILES string of the molecule is O=C(O)CN(CCCN1CCCC1)CC(F)(F)F. The highest BCUT2D eigenvalue weighted by atomic mass is 19.4. The van der Waals surface area contributed by atoms with E-state index >= 15 is 0 Å². The number of likely N-dealkylation sites (tertiary alicyclic amines) is 1. The molecule has 18 heavy (non-hydrogen) atoms. The Balaban J connectivity index is 2.28. The fourth-order valence-corrected chi connectivity index (χ4v) is 2.18. The molecule has 0 aromatic rings. The molecule has 0 unspecified atom stereocenters. The zero-order chi connectivity index (χ0) is 13.6. The summed E-state index contributed by atoms with van der Waals surface area (Å²) in [7, 11) is 0. The zero-order valence-corrected chi connectivity index (χ0v) is 10.2. The first-order chi connectivity index (χ1) is 8.37. The maximum atomic E-state index is 12.2. The van der Waals surface area contributed by atoms with Crippen LogP contribution in [-0.2, 0) is 4.79 Å². The van der Waals surface area contributed by atoms with E-state index in [0.29, 0.717) is 6.42 Å². The third kappa shape index (κ3) is 6.80. The van der Waals surface area contributed by atoms with Gasteiger partial charge in [-0.1, -0.05) is 0 Å². The highest BCUT2D eigenvalue weighted by Gasteiger charge is 2.31. The lowest BCUT2D eigenvalue weighted by atomic mass is 10.3. The Morgan fingerprint density at radius 2 is 1.89 bits per heavy atom. The molecule has 1 heterocycles. The first kappa shape index (κ1) is 15.2. The third-order valence-corrected chi connectivity index (χ3v) is 2.91. The van der Waals surface area contributed by atoms with E-state index in [4.69, 9.17) is 5.11 Å². The fourth-order valence-electron chi connectivity index (χ4n) is 2.18. The highest BCUT2D eigenvalue weighted by Crippen LogP contribution is 2.16. The Morgan fingerprint density at radius 1 is 1.28 bits per heavy atom. The van der Waals surface area contributed by atoms with Crippen LogP contribution in [0.1, 0.15) is 19.3 Å². The first-order valence-corrected chi connectivity index (χ1v) is 6.10. The van der Waals surface area contributed by atoms with Crippen LogP contribution in [0.25, 0.3) is 0 Å². The number of alkyl halides is 3. The van der Waals surface area contributed by atoms with Crippen LogP contribution < -0.4 is 0 Å². The van der Waals surface area contributed by atoms with Gasteiger partial charge in [-0.2, -0.15) is 13.2 Å². The van der Waals surface area contributed by atoms with Gasteiger partial charge in [0.05, 0.1) is 13.1 Å². The molecule has 4 nitrogen and oxygen atoms in total. The summed E-state index contributed by atoms with van der Waals surface area (Å²) >= 11 is 0. The summed E-state index contributed by atoms with van der Waals surface area (Å²) in [6, 6.07) is 0. The van der Waals surface area contributed by atoms with Gasteiger partial charge in [0, 0.05) is 6.54 Å². The Hall–Kier alpha value is -0.820. The summed E-state index contributed by atoms with van der Waals surface area (Å²) in [4.78, 5) is 13.6. The summed E-state index contributed by atoms with van der Waals surface area (Å²) in [5, 5.41) is 8.57. The maximum Gasteiger partial charge on any atom is 0.401 e. The van der Waals surface area contributed by atoms with E-state index in [0.717, 1.165) is 37.4 Å². The average Bonchev–Trinajstić information content (AvgIpc) is 2.66. The molecule has 0 atom stereocenters. The molecule has 1 fully saturated rings. The lowest BCUT2D eigenvalue weighted by Crippen LogP contribution is -2.39. The van der Waals surface area contributed by atoms with E-state index in [-0.39, 0.29) is 6.54 Å². The van der Waals surface area contributed by atoms with Gasteiger partial charge in [-0.05, 0) is 38.9 Å². The second-order valence-electron chi connectivity index (χ2n) is 4.62. The standard InChI is InChI=1S/C11H19F3N2O2/c12-11(13,14)9-16(8-10(17)18)7-3-6-15-4-1-2-5-15/h1-9H2,(H,17,18). The Bertz CT molecular complexity index is 266. The largest absolute Gasteiger partial charge is 0.480 e. The van der Waals surface area contributed by atoms with Gasteiger partial charge in [0.2, 0.25) is 0 Å². The second kappa shape index (κ2) is 6.94. The molecule has 0 aromatic carbocycles. The summed E-state index contributed by atoms with van der Waals surface area (Å²) in [5.41, 5.74) is 0. The minimum atomic E-state index is -4.34. The molecule has 0 saturated carbocycles. The minimum absolute atomic E-state index is 0.169. The van der Waals surface area contributed by atoms with Crippen LogP contribution in [0.2, 0.25) is 0 Å². The average molecular weight is 268 g/mol. The fraction of sp³-hybridized carbons (Fsp3) is 0.909. The smallest absolute Gasteiger partial charge is 0.401 e. The van der Waals surface area contributed by atoms with Crippen molar-refractivity contribution in [3.63, 3.8) is 0 Å². The Morgan fingerprint density at radius 3 is 2.39 bits per heavy atom. The molecule has 1 aliphatic heterocycles.